The van der Waals surface area contributed by atoms with Gasteiger partial charge in [0.25, 0.3) is 0 Å². The molecule has 31 heavy (non-hydrogen) atoms. The molecule has 0 spiro atoms. The van der Waals surface area contributed by atoms with E-state index in [1.54, 1.807) is 19.9 Å². The second-order valence-corrected chi connectivity index (χ2v) is 10.2. The minimum Gasteiger partial charge on any atom is -0.744 e. The Bertz CT molecular complexity index is 1140. The van der Waals surface area contributed by atoms with E-state index in [4.69, 9.17) is 0 Å². The molecule has 0 unspecified atom stereocenters. The lowest BCUT2D eigenvalue weighted by Gasteiger charge is -2.17. The van der Waals surface area contributed by atoms with E-state index in [0.29, 0.717) is 12.0 Å². The van der Waals surface area contributed by atoms with Crippen LogP contribution in [0.5, 0.6) is 0 Å². The standard InChI is InChI=1S/C10H11F3O3S.C10H14O3S/c1-6(2)8-4-3-7(17(14,15)16)5-9(8)10(11,12)13;1-7(2)10-5-4-9(6-8(10)3)14(11,12)13/h3-6H,1-2H3,(H,14,15,16);4-7H,1-3H3,(H,11,12,13)/p-2. The Kier molecular flexibility index (Phi) is 8.46. The van der Waals surface area contributed by atoms with Crippen molar-refractivity contribution in [3.8, 4) is 0 Å². The van der Waals surface area contributed by atoms with Gasteiger partial charge in [-0.05, 0) is 59.7 Å². The third-order valence-corrected chi connectivity index (χ3v) is 6.06. The summed E-state index contributed by atoms with van der Waals surface area (Å²) in [5, 5.41) is 0. The molecule has 0 amide bonds. The molecule has 0 aliphatic rings. The normalized spacial score (nSPS) is 12.6. The molecule has 0 aliphatic heterocycles. The van der Waals surface area contributed by atoms with Gasteiger partial charge >= 0.3 is 6.18 Å². The van der Waals surface area contributed by atoms with Crippen molar-refractivity contribution >= 4 is 20.2 Å². The van der Waals surface area contributed by atoms with Gasteiger partial charge in [0.15, 0.2) is 0 Å². The molecule has 2 aromatic rings. The summed E-state index contributed by atoms with van der Waals surface area (Å²) in [6.45, 7) is 8.96. The van der Waals surface area contributed by atoms with Gasteiger partial charge in [0.2, 0.25) is 0 Å². The molecular formula is C20H23F3O6S2-2. The van der Waals surface area contributed by atoms with Crippen LogP contribution in [-0.4, -0.2) is 25.9 Å². The molecule has 174 valence electrons. The molecule has 2 rings (SSSR count). The SMILES string of the molecule is CC(C)c1ccc(S(=O)(=O)[O-])cc1C(F)(F)F.Cc1cc(S(=O)(=O)[O-])ccc1C(C)C. The topological polar surface area (TPSA) is 114 Å². The quantitative estimate of drug-likeness (QED) is 0.583. The monoisotopic (exact) mass is 480 g/mol. The Morgan fingerprint density at radius 1 is 0.742 bits per heavy atom. The highest BCUT2D eigenvalue weighted by molar-refractivity contribution is 7.86. The molecule has 2 aromatic carbocycles. The van der Waals surface area contributed by atoms with Crippen molar-refractivity contribution in [2.45, 2.75) is 62.4 Å². The number of hydrogen-bond donors (Lipinski definition) is 0. The van der Waals surface area contributed by atoms with Crippen LogP contribution in [0.15, 0.2) is 46.2 Å². The zero-order valence-corrected chi connectivity index (χ0v) is 19.2. The molecule has 0 atom stereocenters. The van der Waals surface area contributed by atoms with Crippen molar-refractivity contribution in [3.05, 3.63) is 58.7 Å². The summed E-state index contributed by atoms with van der Waals surface area (Å²) in [7, 11) is -9.20. The molecule has 0 heterocycles. The summed E-state index contributed by atoms with van der Waals surface area (Å²) >= 11 is 0. The van der Waals surface area contributed by atoms with Gasteiger partial charge in [-0.15, -0.1) is 0 Å². The average molecular weight is 481 g/mol. The smallest absolute Gasteiger partial charge is 0.416 e. The minimum absolute atomic E-state index is 0.0371. The van der Waals surface area contributed by atoms with Crippen molar-refractivity contribution in [2.24, 2.45) is 0 Å². The number of aryl methyl sites for hydroxylation is 1. The highest BCUT2D eigenvalue weighted by Crippen LogP contribution is 2.36. The van der Waals surface area contributed by atoms with Gasteiger partial charge in [-0.3, -0.25) is 0 Å². The summed E-state index contributed by atoms with van der Waals surface area (Å²) in [4.78, 5) is -1.02. The summed E-state index contributed by atoms with van der Waals surface area (Å²) in [5.41, 5.74) is 0.795. The first-order chi connectivity index (χ1) is 13.9. The van der Waals surface area contributed by atoms with Gasteiger partial charge in [-0.1, -0.05) is 39.8 Å². The molecule has 0 radical (unpaired) electrons. The van der Waals surface area contributed by atoms with Gasteiger partial charge in [0.1, 0.15) is 20.2 Å². The Morgan fingerprint density at radius 2 is 1.13 bits per heavy atom. The Balaban J connectivity index is 0.000000316. The lowest BCUT2D eigenvalue weighted by atomic mass is 9.97. The molecule has 6 nitrogen and oxygen atoms in total. The van der Waals surface area contributed by atoms with Gasteiger partial charge in [0, 0.05) is 0 Å². The third-order valence-electron chi connectivity index (χ3n) is 4.39. The molecule has 0 N–H and O–H groups in total. The van der Waals surface area contributed by atoms with Crippen LogP contribution in [-0.2, 0) is 26.4 Å². The fourth-order valence-electron chi connectivity index (χ4n) is 2.89. The highest BCUT2D eigenvalue weighted by Gasteiger charge is 2.34. The first-order valence-electron chi connectivity index (χ1n) is 9.09. The molecule has 11 heteroatoms. The lowest BCUT2D eigenvalue weighted by molar-refractivity contribution is -0.138. The largest absolute Gasteiger partial charge is 0.744 e. The highest BCUT2D eigenvalue weighted by atomic mass is 32.2. The summed E-state index contributed by atoms with van der Waals surface area (Å²) < 4.78 is 102. The number of rotatable bonds is 4. The predicted octanol–water partition coefficient (Wildman–Crippen LogP) is 4.76. The van der Waals surface area contributed by atoms with E-state index in [-0.39, 0.29) is 10.5 Å². The van der Waals surface area contributed by atoms with Crippen LogP contribution >= 0.6 is 0 Å². The molecule has 0 fully saturated rings. The second kappa shape index (κ2) is 9.68. The van der Waals surface area contributed by atoms with E-state index in [1.165, 1.54) is 12.1 Å². The summed E-state index contributed by atoms with van der Waals surface area (Å²) in [5.74, 6) is -0.0894. The maximum Gasteiger partial charge on any atom is 0.416 e. The minimum atomic E-state index is -4.88. The van der Waals surface area contributed by atoms with E-state index in [9.17, 15) is 39.1 Å². The van der Waals surface area contributed by atoms with Crippen LogP contribution in [0.1, 0.15) is 61.8 Å². The van der Waals surface area contributed by atoms with E-state index in [0.717, 1.165) is 23.3 Å². The third kappa shape index (κ3) is 7.60. The Hall–Kier alpha value is -1.95. The molecule has 0 saturated carbocycles. The van der Waals surface area contributed by atoms with Crippen molar-refractivity contribution in [3.63, 3.8) is 0 Å². The second-order valence-electron chi connectivity index (χ2n) is 7.48. The van der Waals surface area contributed by atoms with Crippen LogP contribution in [0, 0.1) is 6.92 Å². The van der Waals surface area contributed by atoms with Crippen LogP contribution in [0.2, 0.25) is 0 Å². The van der Waals surface area contributed by atoms with Crippen molar-refractivity contribution in [2.75, 3.05) is 0 Å². The predicted molar refractivity (Wildman–Crippen MR) is 107 cm³/mol. The van der Waals surface area contributed by atoms with E-state index >= 15 is 0 Å². The van der Waals surface area contributed by atoms with Gasteiger partial charge < -0.3 is 9.11 Å². The van der Waals surface area contributed by atoms with E-state index in [2.05, 4.69) is 0 Å². The summed E-state index contributed by atoms with van der Waals surface area (Å²) in [6, 6.07) is 6.80. The fraction of sp³-hybridized carbons (Fsp3) is 0.400. The van der Waals surface area contributed by atoms with Crippen molar-refractivity contribution in [1.82, 2.24) is 0 Å². The van der Waals surface area contributed by atoms with Gasteiger partial charge in [0.05, 0.1) is 15.4 Å². The zero-order valence-electron chi connectivity index (χ0n) is 17.5. The molecule has 0 aromatic heterocycles. The summed E-state index contributed by atoms with van der Waals surface area (Å²) in [6.07, 6.45) is -4.68. The van der Waals surface area contributed by atoms with Crippen molar-refractivity contribution < 1.29 is 39.1 Å². The van der Waals surface area contributed by atoms with E-state index in [1.807, 2.05) is 20.8 Å². The average Bonchev–Trinajstić information content (AvgIpc) is 2.59. The van der Waals surface area contributed by atoms with E-state index < -0.39 is 42.8 Å². The molecule has 0 aliphatic carbocycles. The van der Waals surface area contributed by atoms with Crippen LogP contribution in [0.4, 0.5) is 13.2 Å². The number of benzene rings is 2. The van der Waals surface area contributed by atoms with Crippen molar-refractivity contribution in [1.29, 1.82) is 0 Å². The first kappa shape index (κ1) is 27.1. The lowest BCUT2D eigenvalue weighted by Crippen LogP contribution is -2.12. The molecule has 0 saturated heterocycles. The zero-order chi connectivity index (χ0) is 24.4. The maximum atomic E-state index is 12.7. The first-order valence-corrected chi connectivity index (χ1v) is 11.9. The molecular weight excluding hydrogens is 457 g/mol. The molecule has 0 bridgehead atoms. The Morgan fingerprint density at radius 3 is 1.45 bits per heavy atom. The maximum absolute atomic E-state index is 12.7. The van der Waals surface area contributed by atoms with Crippen LogP contribution in [0.3, 0.4) is 0 Å². The number of alkyl halides is 3. The fourth-order valence-corrected chi connectivity index (χ4v) is 3.94. The van der Waals surface area contributed by atoms with Crippen LogP contribution in [0.25, 0.3) is 0 Å². The Labute approximate surface area is 180 Å². The number of halogens is 3. The van der Waals surface area contributed by atoms with Gasteiger partial charge in [-0.2, -0.15) is 13.2 Å². The number of hydrogen-bond acceptors (Lipinski definition) is 6. The van der Waals surface area contributed by atoms with Gasteiger partial charge in [-0.25, -0.2) is 16.8 Å². The van der Waals surface area contributed by atoms with Crippen LogP contribution < -0.4 is 0 Å².